The first-order valence-corrected chi connectivity index (χ1v) is 7.85. The number of nitrogen functional groups attached to an aromatic ring is 1. The summed E-state index contributed by atoms with van der Waals surface area (Å²) in [5.41, 5.74) is 3.02. The van der Waals surface area contributed by atoms with Gasteiger partial charge in [-0.15, -0.1) is 0 Å². The van der Waals surface area contributed by atoms with Gasteiger partial charge in [-0.3, -0.25) is 5.43 Å². The molecular formula is C12H14ClN5O2S. The van der Waals surface area contributed by atoms with Crippen LogP contribution in [0.2, 0.25) is 5.02 Å². The molecule has 0 aliphatic heterocycles. The van der Waals surface area contributed by atoms with E-state index in [1.54, 1.807) is 31.2 Å². The van der Waals surface area contributed by atoms with Crippen LogP contribution in [0.1, 0.15) is 18.5 Å². The Kier molecular flexibility index (Phi) is 4.73. The third-order valence-corrected chi connectivity index (χ3v) is 4.52. The molecule has 112 valence electrons. The lowest BCUT2D eigenvalue weighted by Crippen LogP contribution is -2.27. The second kappa shape index (κ2) is 6.35. The average Bonchev–Trinajstić information content (AvgIpc) is 2.47. The van der Waals surface area contributed by atoms with Crippen molar-refractivity contribution in [3.63, 3.8) is 0 Å². The van der Waals surface area contributed by atoms with E-state index < -0.39 is 16.1 Å². The molecule has 0 bridgehead atoms. The number of anilines is 1. The number of rotatable bonds is 5. The number of hydrazine groups is 1. The number of sulfonamides is 1. The molecule has 1 heterocycles. The summed E-state index contributed by atoms with van der Waals surface area (Å²) in [7, 11) is -3.72. The van der Waals surface area contributed by atoms with Crippen LogP contribution in [0.4, 0.5) is 5.95 Å². The standard InChI is InChI=1S/C12H14ClN5O2S/c1-8(9-2-4-10(13)5-3-9)18-21(19,20)11-6-15-12(17-14)16-7-11/h2-8,18H,14H2,1H3,(H,15,16,17). The lowest BCUT2D eigenvalue weighted by molar-refractivity contribution is 0.566. The van der Waals surface area contributed by atoms with E-state index in [0.29, 0.717) is 5.02 Å². The first-order valence-electron chi connectivity index (χ1n) is 5.99. The van der Waals surface area contributed by atoms with Crippen molar-refractivity contribution in [3.8, 4) is 0 Å². The normalized spacial score (nSPS) is 12.9. The second-order valence-corrected chi connectivity index (χ2v) is 6.43. The Labute approximate surface area is 127 Å². The van der Waals surface area contributed by atoms with E-state index in [1.807, 2.05) is 0 Å². The molecule has 0 aliphatic rings. The Balaban J connectivity index is 2.17. The zero-order valence-corrected chi connectivity index (χ0v) is 12.7. The minimum absolute atomic E-state index is 0.0395. The van der Waals surface area contributed by atoms with Gasteiger partial charge >= 0.3 is 0 Å². The minimum Gasteiger partial charge on any atom is -0.292 e. The molecule has 21 heavy (non-hydrogen) atoms. The van der Waals surface area contributed by atoms with Crippen LogP contribution < -0.4 is 16.0 Å². The lowest BCUT2D eigenvalue weighted by Gasteiger charge is -2.14. The molecular weight excluding hydrogens is 314 g/mol. The molecule has 2 rings (SSSR count). The Morgan fingerprint density at radius 1 is 1.19 bits per heavy atom. The van der Waals surface area contributed by atoms with Gasteiger partial charge in [-0.05, 0) is 24.6 Å². The highest BCUT2D eigenvalue weighted by molar-refractivity contribution is 7.89. The topological polar surface area (TPSA) is 110 Å². The van der Waals surface area contributed by atoms with Gasteiger partial charge in [0.25, 0.3) is 0 Å². The van der Waals surface area contributed by atoms with E-state index in [0.717, 1.165) is 5.56 Å². The van der Waals surface area contributed by atoms with Crippen LogP contribution >= 0.6 is 11.6 Å². The van der Waals surface area contributed by atoms with Crippen LogP contribution in [0.15, 0.2) is 41.6 Å². The number of halogens is 1. The number of nitrogens with one attached hydrogen (secondary N) is 2. The summed E-state index contributed by atoms with van der Waals surface area (Å²) in [6.45, 7) is 1.73. The van der Waals surface area contributed by atoms with Crippen LogP contribution in [-0.4, -0.2) is 18.4 Å². The highest BCUT2D eigenvalue weighted by Gasteiger charge is 2.19. The molecule has 4 N–H and O–H groups in total. The summed E-state index contributed by atoms with van der Waals surface area (Å²) in [4.78, 5) is 7.50. The number of nitrogens with two attached hydrogens (primary N) is 1. The maximum Gasteiger partial charge on any atom is 0.244 e. The van der Waals surface area contributed by atoms with Crippen molar-refractivity contribution < 1.29 is 8.42 Å². The Hall–Kier alpha value is -1.74. The molecule has 1 unspecified atom stereocenters. The fraction of sp³-hybridized carbons (Fsp3) is 0.167. The Morgan fingerprint density at radius 3 is 2.29 bits per heavy atom. The molecule has 7 nitrogen and oxygen atoms in total. The monoisotopic (exact) mass is 327 g/mol. The summed E-state index contributed by atoms with van der Waals surface area (Å²) in [5.74, 6) is 5.27. The molecule has 0 saturated carbocycles. The summed E-state index contributed by atoms with van der Waals surface area (Å²) < 4.78 is 27.0. The lowest BCUT2D eigenvalue weighted by atomic mass is 10.1. The number of aromatic nitrogens is 2. The van der Waals surface area contributed by atoms with E-state index in [2.05, 4.69) is 20.1 Å². The molecule has 1 atom stereocenters. The summed E-state index contributed by atoms with van der Waals surface area (Å²) in [6, 6.07) is 6.50. The van der Waals surface area contributed by atoms with E-state index in [-0.39, 0.29) is 10.8 Å². The zero-order valence-electron chi connectivity index (χ0n) is 11.1. The molecule has 2 aromatic rings. The van der Waals surface area contributed by atoms with Crippen LogP contribution in [0.25, 0.3) is 0 Å². The van der Waals surface area contributed by atoms with Gasteiger partial charge in [-0.1, -0.05) is 23.7 Å². The summed E-state index contributed by atoms with van der Waals surface area (Å²) in [6.07, 6.45) is 2.36. The number of benzene rings is 1. The van der Waals surface area contributed by atoms with Gasteiger partial charge in [0.05, 0.1) is 12.4 Å². The summed E-state index contributed by atoms with van der Waals surface area (Å²) in [5, 5.41) is 0.590. The average molecular weight is 328 g/mol. The number of nitrogens with zero attached hydrogens (tertiary/aromatic N) is 2. The molecule has 0 saturated heterocycles. The Bertz CT molecular complexity index is 703. The van der Waals surface area contributed by atoms with Gasteiger partial charge in [-0.25, -0.2) is 29.0 Å². The second-order valence-electron chi connectivity index (χ2n) is 4.28. The van der Waals surface area contributed by atoms with Crippen molar-refractivity contribution >= 4 is 27.6 Å². The zero-order chi connectivity index (χ0) is 15.5. The van der Waals surface area contributed by atoms with Crippen LogP contribution in [-0.2, 0) is 10.0 Å². The maximum atomic E-state index is 12.2. The van der Waals surface area contributed by atoms with Crippen LogP contribution in [0.5, 0.6) is 0 Å². The highest BCUT2D eigenvalue weighted by Crippen LogP contribution is 2.18. The minimum atomic E-state index is -3.72. The molecule has 0 fully saturated rings. The quantitative estimate of drug-likeness (QED) is 0.566. The van der Waals surface area contributed by atoms with Gasteiger partial charge < -0.3 is 0 Å². The van der Waals surface area contributed by atoms with Crippen molar-refractivity contribution in [2.24, 2.45) is 5.84 Å². The molecule has 0 spiro atoms. The molecule has 0 aliphatic carbocycles. The van der Waals surface area contributed by atoms with E-state index in [9.17, 15) is 8.42 Å². The molecule has 9 heteroatoms. The van der Waals surface area contributed by atoms with Crippen molar-refractivity contribution in [1.29, 1.82) is 0 Å². The van der Waals surface area contributed by atoms with Crippen molar-refractivity contribution in [1.82, 2.24) is 14.7 Å². The molecule has 0 radical (unpaired) electrons. The van der Waals surface area contributed by atoms with Crippen molar-refractivity contribution in [2.75, 3.05) is 5.43 Å². The largest absolute Gasteiger partial charge is 0.292 e. The molecule has 0 amide bonds. The third-order valence-electron chi connectivity index (χ3n) is 2.77. The van der Waals surface area contributed by atoms with E-state index in [1.165, 1.54) is 12.4 Å². The predicted octanol–water partition coefficient (Wildman–Crippen LogP) is 1.46. The fourth-order valence-corrected chi connectivity index (χ4v) is 2.90. The molecule has 1 aromatic heterocycles. The van der Waals surface area contributed by atoms with Crippen molar-refractivity contribution in [3.05, 3.63) is 47.2 Å². The molecule has 1 aromatic carbocycles. The number of hydrogen-bond acceptors (Lipinski definition) is 6. The fourth-order valence-electron chi connectivity index (χ4n) is 1.65. The van der Waals surface area contributed by atoms with Gasteiger partial charge in [0, 0.05) is 11.1 Å². The Morgan fingerprint density at radius 2 is 1.76 bits per heavy atom. The van der Waals surface area contributed by atoms with Gasteiger partial charge in [0.15, 0.2) is 0 Å². The first-order chi connectivity index (χ1) is 9.92. The van der Waals surface area contributed by atoms with Gasteiger partial charge in [0.1, 0.15) is 4.90 Å². The highest BCUT2D eigenvalue weighted by atomic mass is 35.5. The van der Waals surface area contributed by atoms with Gasteiger partial charge in [-0.2, -0.15) is 0 Å². The number of hydrogen-bond donors (Lipinski definition) is 3. The first kappa shape index (κ1) is 15.6. The van der Waals surface area contributed by atoms with E-state index in [4.69, 9.17) is 17.4 Å². The van der Waals surface area contributed by atoms with Crippen LogP contribution in [0.3, 0.4) is 0 Å². The summed E-state index contributed by atoms with van der Waals surface area (Å²) >= 11 is 5.80. The third kappa shape index (κ3) is 3.88. The van der Waals surface area contributed by atoms with Crippen molar-refractivity contribution in [2.45, 2.75) is 17.9 Å². The van der Waals surface area contributed by atoms with E-state index >= 15 is 0 Å². The predicted molar refractivity (Wildman–Crippen MR) is 80.0 cm³/mol. The smallest absolute Gasteiger partial charge is 0.244 e. The van der Waals surface area contributed by atoms with Gasteiger partial charge in [0.2, 0.25) is 16.0 Å². The maximum absolute atomic E-state index is 12.2. The SMILES string of the molecule is CC(NS(=O)(=O)c1cnc(NN)nc1)c1ccc(Cl)cc1. The van der Waals surface area contributed by atoms with Crippen LogP contribution in [0, 0.1) is 0 Å².